The molecule has 0 spiro atoms. The van der Waals surface area contributed by atoms with Crippen molar-refractivity contribution >= 4 is 58.0 Å². The third-order valence-corrected chi connectivity index (χ3v) is 5.34. The molecule has 8 heteroatoms. The Morgan fingerprint density at radius 3 is 2.10 bits per heavy atom. The van der Waals surface area contributed by atoms with Gasteiger partial charge < -0.3 is 10.6 Å². The molecule has 29 heavy (non-hydrogen) atoms. The van der Waals surface area contributed by atoms with Gasteiger partial charge in [0.2, 0.25) is 0 Å². The van der Waals surface area contributed by atoms with Crippen molar-refractivity contribution in [2.45, 2.75) is 38.1 Å². The molecule has 2 aromatic carbocycles. The summed E-state index contributed by atoms with van der Waals surface area (Å²) in [7, 11) is 0. The first kappa shape index (κ1) is 21.6. The third kappa shape index (κ3) is 6.42. The lowest BCUT2D eigenvalue weighted by Gasteiger charge is -2.22. The van der Waals surface area contributed by atoms with Crippen molar-refractivity contribution in [3.05, 3.63) is 63.6 Å². The maximum atomic E-state index is 12.4. The first-order valence-electron chi connectivity index (χ1n) is 9.40. The fraction of sp³-hybridized carbons (Fsp3) is 0.286. The Labute approximate surface area is 185 Å². The van der Waals surface area contributed by atoms with E-state index in [1.54, 1.807) is 30.3 Å². The van der Waals surface area contributed by atoms with Crippen molar-refractivity contribution in [3.8, 4) is 0 Å². The molecule has 5 nitrogen and oxygen atoms in total. The number of anilines is 1. The summed E-state index contributed by atoms with van der Waals surface area (Å²) in [5.41, 5.74) is 1.56. The Hall–Kier alpha value is -2.15. The molecular weight excluding hydrogens is 429 g/mol. The van der Waals surface area contributed by atoms with Crippen molar-refractivity contribution < 1.29 is 9.59 Å². The molecule has 152 valence electrons. The van der Waals surface area contributed by atoms with Gasteiger partial charge in [0.05, 0.1) is 0 Å². The topological polar surface area (TPSA) is 70.2 Å². The van der Waals surface area contributed by atoms with E-state index in [0.29, 0.717) is 26.9 Å². The molecule has 2 amide bonds. The van der Waals surface area contributed by atoms with Crippen LogP contribution in [0.25, 0.3) is 0 Å². The summed E-state index contributed by atoms with van der Waals surface area (Å²) in [5, 5.41) is 9.44. The Bertz CT molecular complexity index is 892. The highest BCUT2D eigenvalue weighted by atomic mass is 35.5. The minimum absolute atomic E-state index is 0.0721. The van der Waals surface area contributed by atoms with Crippen LogP contribution in [0.3, 0.4) is 0 Å². The molecule has 3 N–H and O–H groups in total. The van der Waals surface area contributed by atoms with Crippen LogP contribution in [0.15, 0.2) is 42.5 Å². The second-order valence-corrected chi connectivity index (χ2v) is 8.23. The van der Waals surface area contributed by atoms with Crippen molar-refractivity contribution in [1.29, 1.82) is 0 Å². The number of carbonyl (C=O) groups is 2. The second-order valence-electron chi connectivity index (χ2n) is 6.95. The summed E-state index contributed by atoms with van der Waals surface area (Å²) in [6.07, 6.45) is 5.65. The molecule has 0 saturated heterocycles. The summed E-state index contributed by atoms with van der Waals surface area (Å²) in [5.74, 6) is -0.493. The zero-order valence-corrected chi connectivity index (χ0v) is 18.0. The Morgan fingerprint density at radius 1 is 0.862 bits per heavy atom. The fourth-order valence-corrected chi connectivity index (χ4v) is 3.98. The third-order valence-electron chi connectivity index (χ3n) is 4.70. The van der Waals surface area contributed by atoms with Crippen LogP contribution in [0.2, 0.25) is 10.0 Å². The van der Waals surface area contributed by atoms with Gasteiger partial charge in [-0.3, -0.25) is 14.9 Å². The lowest BCUT2D eigenvalue weighted by molar-refractivity contribution is 0.0926. The van der Waals surface area contributed by atoms with Crippen LogP contribution in [-0.2, 0) is 0 Å². The van der Waals surface area contributed by atoms with Gasteiger partial charge in [0.25, 0.3) is 11.8 Å². The van der Waals surface area contributed by atoms with E-state index in [0.717, 1.165) is 12.8 Å². The minimum Gasteiger partial charge on any atom is -0.349 e. The summed E-state index contributed by atoms with van der Waals surface area (Å²) >= 11 is 17.0. The van der Waals surface area contributed by atoms with Gasteiger partial charge in [0, 0.05) is 32.9 Å². The van der Waals surface area contributed by atoms with E-state index >= 15 is 0 Å². The van der Waals surface area contributed by atoms with Gasteiger partial charge in [0.1, 0.15) is 0 Å². The Kier molecular flexibility index (Phi) is 7.47. The van der Waals surface area contributed by atoms with Crippen molar-refractivity contribution in [1.82, 2.24) is 10.6 Å². The minimum atomic E-state index is -0.421. The lowest BCUT2D eigenvalue weighted by Crippen LogP contribution is -2.36. The number of thiocarbonyl (C=S) groups is 1. The second kappa shape index (κ2) is 10.1. The quantitative estimate of drug-likeness (QED) is 0.562. The molecule has 0 heterocycles. The van der Waals surface area contributed by atoms with Crippen LogP contribution in [0.1, 0.15) is 52.8 Å². The molecule has 1 aliphatic carbocycles. The average Bonchev–Trinajstić information content (AvgIpc) is 2.68. The molecule has 0 aliphatic heterocycles. The van der Waals surface area contributed by atoms with Crippen LogP contribution in [0.4, 0.5) is 5.69 Å². The first-order chi connectivity index (χ1) is 13.9. The lowest BCUT2D eigenvalue weighted by atomic mass is 9.95. The number of halogens is 2. The zero-order valence-electron chi connectivity index (χ0n) is 15.6. The van der Waals surface area contributed by atoms with Crippen LogP contribution in [0, 0.1) is 0 Å². The molecule has 2 aromatic rings. The Morgan fingerprint density at radius 2 is 1.48 bits per heavy atom. The van der Waals surface area contributed by atoms with E-state index in [4.69, 9.17) is 35.4 Å². The summed E-state index contributed by atoms with van der Waals surface area (Å²) in [6.45, 7) is 0. The van der Waals surface area contributed by atoms with Crippen LogP contribution >= 0.6 is 35.4 Å². The zero-order chi connectivity index (χ0) is 20.8. The molecule has 0 aromatic heterocycles. The molecule has 1 saturated carbocycles. The molecule has 1 fully saturated rings. The number of hydrogen-bond acceptors (Lipinski definition) is 3. The number of hydrogen-bond donors (Lipinski definition) is 3. The number of nitrogens with one attached hydrogen (secondary N) is 3. The molecule has 0 atom stereocenters. The first-order valence-corrected chi connectivity index (χ1v) is 10.6. The molecular formula is C21H21Cl2N3O2S. The standard InChI is InChI=1S/C21H21Cl2N3O2S/c22-15-10-14(11-16(23)12-15)20(28)26-21(29)25-18-8-6-13(7-9-18)19(27)24-17-4-2-1-3-5-17/h6-12,17H,1-5H2,(H,24,27)(H2,25,26,28,29). The highest BCUT2D eigenvalue weighted by molar-refractivity contribution is 7.80. The van der Waals surface area contributed by atoms with Crippen LogP contribution < -0.4 is 16.0 Å². The maximum Gasteiger partial charge on any atom is 0.257 e. The van der Waals surface area contributed by atoms with E-state index in [2.05, 4.69) is 16.0 Å². The van der Waals surface area contributed by atoms with Crippen molar-refractivity contribution in [3.63, 3.8) is 0 Å². The SMILES string of the molecule is O=C(NC(=S)Nc1ccc(C(=O)NC2CCCCC2)cc1)c1cc(Cl)cc(Cl)c1. The number of amides is 2. The van der Waals surface area contributed by atoms with E-state index < -0.39 is 5.91 Å². The van der Waals surface area contributed by atoms with Gasteiger partial charge in [-0.05, 0) is 67.5 Å². The van der Waals surface area contributed by atoms with Crippen molar-refractivity contribution in [2.75, 3.05) is 5.32 Å². The van der Waals surface area contributed by atoms with E-state index in [1.807, 2.05) is 0 Å². The molecule has 0 bridgehead atoms. The smallest absolute Gasteiger partial charge is 0.257 e. The number of benzene rings is 2. The van der Waals surface area contributed by atoms with Crippen molar-refractivity contribution in [2.24, 2.45) is 0 Å². The molecule has 1 aliphatic rings. The van der Waals surface area contributed by atoms with E-state index in [9.17, 15) is 9.59 Å². The molecule has 0 unspecified atom stereocenters. The van der Waals surface area contributed by atoms with Gasteiger partial charge in [-0.2, -0.15) is 0 Å². The van der Waals surface area contributed by atoms with Gasteiger partial charge in [0.15, 0.2) is 5.11 Å². The van der Waals surface area contributed by atoms with E-state index in [1.165, 1.54) is 31.4 Å². The summed E-state index contributed by atoms with van der Waals surface area (Å²) in [4.78, 5) is 24.6. The number of carbonyl (C=O) groups excluding carboxylic acids is 2. The van der Waals surface area contributed by atoms with E-state index in [-0.39, 0.29) is 17.1 Å². The largest absolute Gasteiger partial charge is 0.349 e. The highest BCUT2D eigenvalue weighted by Crippen LogP contribution is 2.20. The molecule has 0 radical (unpaired) electrons. The van der Waals surface area contributed by atoms with Crippen LogP contribution in [-0.4, -0.2) is 23.0 Å². The maximum absolute atomic E-state index is 12.4. The van der Waals surface area contributed by atoms with Gasteiger partial charge >= 0.3 is 0 Å². The molecule has 3 rings (SSSR count). The Balaban J connectivity index is 1.54. The van der Waals surface area contributed by atoms with Crippen LogP contribution in [0.5, 0.6) is 0 Å². The predicted molar refractivity (Wildman–Crippen MR) is 121 cm³/mol. The summed E-state index contributed by atoms with van der Waals surface area (Å²) in [6, 6.07) is 11.7. The van der Waals surface area contributed by atoms with Gasteiger partial charge in [-0.1, -0.05) is 42.5 Å². The number of rotatable bonds is 4. The summed E-state index contributed by atoms with van der Waals surface area (Å²) < 4.78 is 0. The van der Waals surface area contributed by atoms with Gasteiger partial charge in [-0.25, -0.2) is 0 Å². The average molecular weight is 450 g/mol. The predicted octanol–water partition coefficient (Wildman–Crippen LogP) is 5.18. The highest BCUT2D eigenvalue weighted by Gasteiger charge is 2.16. The van der Waals surface area contributed by atoms with Gasteiger partial charge in [-0.15, -0.1) is 0 Å². The normalized spacial score (nSPS) is 14.1. The fourth-order valence-electron chi connectivity index (χ4n) is 3.24. The monoisotopic (exact) mass is 449 g/mol.